The van der Waals surface area contributed by atoms with E-state index in [1.54, 1.807) is 12.1 Å². The van der Waals surface area contributed by atoms with Gasteiger partial charge in [0.2, 0.25) is 0 Å². The Morgan fingerprint density at radius 2 is 2.05 bits per heavy atom. The molecular formula is C15H12FNO4S. The number of non-ortho nitro benzene ring substituents is 1. The molecule has 0 aliphatic carbocycles. The van der Waals surface area contributed by atoms with Crippen LogP contribution in [0, 0.1) is 15.9 Å². The number of nitro groups is 1. The zero-order valence-electron chi connectivity index (χ0n) is 11.5. The SMILES string of the molecule is O=[N+]([O-])c1cc2c(c(CSc3ccc(F)cc3)c1)OCOC2. The summed E-state index contributed by atoms with van der Waals surface area (Å²) in [5.74, 6) is 0.847. The van der Waals surface area contributed by atoms with Crippen molar-refractivity contribution in [2.75, 3.05) is 6.79 Å². The third kappa shape index (κ3) is 3.20. The molecule has 5 nitrogen and oxygen atoms in total. The third-order valence-corrected chi connectivity index (χ3v) is 4.25. The first kappa shape index (κ1) is 14.8. The number of hydrogen-bond acceptors (Lipinski definition) is 5. The van der Waals surface area contributed by atoms with Gasteiger partial charge in [-0.05, 0) is 24.3 Å². The summed E-state index contributed by atoms with van der Waals surface area (Å²) in [6.07, 6.45) is 0. The van der Waals surface area contributed by atoms with Crippen LogP contribution in [0.2, 0.25) is 0 Å². The lowest BCUT2D eigenvalue weighted by atomic mass is 10.1. The monoisotopic (exact) mass is 321 g/mol. The summed E-state index contributed by atoms with van der Waals surface area (Å²) < 4.78 is 23.5. The molecule has 3 rings (SSSR count). The Kier molecular flexibility index (Phi) is 4.26. The summed E-state index contributed by atoms with van der Waals surface area (Å²) in [5, 5.41) is 11.0. The minimum Gasteiger partial charge on any atom is -0.467 e. The second-order valence-electron chi connectivity index (χ2n) is 4.70. The topological polar surface area (TPSA) is 61.6 Å². The van der Waals surface area contributed by atoms with Crippen LogP contribution in [0.15, 0.2) is 41.3 Å². The zero-order chi connectivity index (χ0) is 15.5. The minimum absolute atomic E-state index is 0.0163. The van der Waals surface area contributed by atoms with E-state index in [2.05, 4.69) is 0 Å². The van der Waals surface area contributed by atoms with Gasteiger partial charge >= 0.3 is 0 Å². The van der Waals surface area contributed by atoms with E-state index < -0.39 is 4.92 Å². The summed E-state index contributed by atoms with van der Waals surface area (Å²) >= 11 is 1.47. The average molecular weight is 321 g/mol. The van der Waals surface area contributed by atoms with Crippen LogP contribution in [-0.2, 0) is 17.1 Å². The molecule has 0 spiro atoms. The number of hydrogen-bond donors (Lipinski definition) is 0. The fourth-order valence-corrected chi connectivity index (χ4v) is 3.05. The lowest BCUT2D eigenvalue weighted by Crippen LogP contribution is -2.13. The molecule has 0 N–H and O–H groups in total. The first-order valence-corrected chi connectivity index (χ1v) is 7.51. The summed E-state index contributed by atoms with van der Waals surface area (Å²) in [5.41, 5.74) is 1.43. The molecule has 2 aromatic carbocycles. The largest absolute Gasteiger partial charge is 0.467 e. The van der Waals surface area contributed by atoms with Crippen LogP contribution in [-0.4, -0.2) is 11.7 Å². The molecule has 1 aliphatic heterocycles. The molecule has 2 aromatic rings. The van der Waals surface area contributed by atoms with Crippen molar-refractivity contribution in [2.45, 2.75) is 17.3 Å². The maximum absolute atomic E-state index is 12.9. The van der Waals surface area contributed by atoms with Gasteiger partial charge in [-0.3, -0.25) is 10.1 Å². The Morgan fingerprint density at radius 3 is 2.77 bits per heavy atom. The Balaban J connectivity index is 1.86. The smallest absolute Gasteiger partial charge is 0.270 e. The normalized spacial score (nSPS) is 13.3. The van der Waals surface area contributed by atoms with E-state index in [0.717, 1.165) is 10.5 Å². The number of rotatable bonds is 4. The van der Waals surface area contributed by atoms with Crippen LogP contribution in [0.4, 0.5) is 10.1 Å². The average Bonchev–Trinajstić information content (AvgIpc) is 2.53. The van der Waals surface area contributed by atoms with Crippen LogP contribution in [0.25, 0.3) is 0 Å². The van der Waals surface area contributed by atoms with Crippen molar-refractivity contribution in [1.82, 2.24) is 0 Å². The van der Waals surface area contributed by atoms with Crippen molar-refractivity contribution in [3.05, 3.63) is 63.5 Å². The molecule has 0 amide bonds. The Morgan fingerprint density at radius 1 is 1.27 bits per heavy atom. The molecule has 22 heavy (non-hydrogen) atoms. The lowest BCUT2D eigenvalue weighted by molar-refractivity contribution is -0.385. The van der Waals surface area contributed by atoms with Crippen molar-refractivity contribution in [3.8, 4) is 5.75 Å². The predicted octanol–water partition coefficient (Wildman–Crippen LogP) is 3.89. The molecular weight excluding hydrogens is 309 g/mol. The van der Waals surface area contributed by atoms with E-state index in [9.17, 15) is 14.5 Å². The first-order valence-electron chi connectivity index (χ1n) is 6.52. The maximum atomic E-state index is 12.9. The lowest BCUT2D eigenvalue weighted by Gasteiger charge is -2.20. The van der Waals surface area contributed by atoms with Gasteiger partial charge in [0.05, 0.1) is 11.5 Å². The summed E-state index contributed by atoms with van der Waals surface area (Å²) in [4.78, 5) is 11.5. The van der Waals surface area contributed by atoms with E-state index in [1.807, 2.05) is 0 Å². The molecule has 114 valence electrons. The highest BCUT2D eigenvalue weighted by Gasteiger charge is 2.20. The van der Waals surface area contributed by atoms with Gasteiger partial charge in [0.1, 0.15) is 11.6 Å². The molecule has 1 heterocycles. The fraction of sp³-hybridized carbons (Fsp3) is 0.200. The third-order valence-electron chi connectivity index (χ3n) is 3.19. The highest BCUT2D eigenvalue weighted by molar-refractivity contribution is 7.98. The number of fused-ring (bicyclic) bond motifs is 1. The number of nitro benzene ring substituents is 1. The minimum atomic E-state index is -0.430. The summed E-state index contributed by atoms with van der Waals surface area (Å²) in [6, 6.07) is 9.11. The zero-order valence-corrected chi connectivity index (χ0v) is 12.3. The van der Waals surface area contributed by atoms with Gasteiger partial charge in [0, 0.05) is 33.9 Å². The van der Waals surface area contributed by atoms with Crippen molar-refractivity contribution in [1.29, 1.82) is 0 Å². The van der Waals surface area contributed by atoms with Gasteiger partial charge in [-0.15, -0.1) is 11.8 Å². The number of thioether (sulfide) groups is 1. The molecule has 0 radical (unpaired) electrons. The first-order chi connectivity index (χ1) is 10.6. The maximum Gasteiger partial charge on any atom is 0.270 e. The number of nitrogens with zero attached hydrogens (tertiary/aromatic N) is 1. The van der Waals surface area contributed by atoms with Gasteiger partial charge in [-0.25, -0.2) is 4.39 Å². The Hall–Kier alpha value is -2.12. The van der Waals surface area contributed by atoms with Gasteiger partial charge in [0.15, 0.2) is 6.79 Å². The highest BCUT2D eigenvalue weighted by Crippen LogP contribution is 2.36. The Labute approximate surface area is 130 Å². The van der Waals surface area contributed by atoms with Gasteiger partial charge in [-0.2, -0.15) is 0 Å². The molecule has 0 unspecified atom stereocenters. The quantitative estimate of drug-likeness (QED) is 0.485. The standard InChI is InChI=1S/C15H12FNO4S/c16-12-1-3-14(4-2-12)22-8-11-6-13(17(18)19)5-10-7-20-9-21-15(10)11/h1-6H,7-9H2. The molecule has 0 saturated heterocycles. The molecule has 0 saturated carbocycles. The van der Waals surface area contributed by atoms with E-state index in [1.165, 1.54) is 36.0 Å². The van der Waals surface area contributed by atoms with Gasteiger partial charge < -0.3 is 9.47 Å². The van der Waals surface area contributed by atoms with E-state index in [0.29, 0.717) is 23.7 Å². The highest BCUT2D eigenvalue weighted by atomic mass is 32.2. The van der Waals surface area contributed by atoms with Crippen molar-refractivity contribution in [2.24, 2.45) is 0 Å². The predicted molar refractivity (Wildman–Crippen MR) is 79.3 cm³/mol. The second kappa shape index (κ2) is 6.33. The van der Waals surface area contributed by atoms with Crippen LogP contribution in [0.5, 0.6) is 5.75 Å². The van der Waals surface area contributed by atoms with Crippen molar-refractivity contribution >= 4 is 17.4 Å². The second-order valence-corrected chi connectivity index (χ2v) is 5.75. The van der Waals surface area contributed by atoms with E-state index in [4.69, 9.17) is 9.47 Å². The Bertz CT molecular complexity index is 705. The number of benzene rings is 2. The molecule has 7 heteroatoms. The van der Waals surface area contributed by atoms with Crippen LogP contribution < -0.4 is 4.74 Å². The summed E-state index contributed by atoms with van der Waals surface area (Å²) in [6.45, 7) is 0.435. The van der Waals surface area contributed by atoms with Crippen molar-refractivity contribution in [3.63, 3.8) is 0 Å². The molecule has 0 atom stereocenters. The number of halogens is 1. The molecule has 0 aromatic heterocycles. The molecule has 0 bridgehead atoms. The molecule has 1 aliphatic rings. The van der Waals surface area contributed by atoms with E-state index >= 15 is 0 Å². The fourth-order valence-electron chi connectivity index (χ4n) is 2.19. The van der Waals surface area contributed by atoms with Gasteiger partial charge in [0.25, 0.3) is 5.69 Å². The van der Waals surface area contributed by atoms with E-state index in [-0.39, 0.29) is 18.3 Å². The van der Waals surface area contributed by atoms with Crippen LogP contribution in [0.1, 0.15) is 11.1 Å². The number of ether oxygens (including phenoxy) is 2. The molecule has 0 fully saturated rings. The van der Waals surface area contributed by atoms with Crippen LogP contribution >= 0.6 is 11.8 Å². The summed E-state index contributed by atoms with van der Waals surface area (Å²) in [7, 11) is 0. The van der Waals surface area contributed by atoms with Gasteiger partial charge in [-0.1, -0.05) is 0 Å². The van der Waals surface area contributed by atoms with Crippen molar-refractivity contribution < 1.29 is 18.8 Å². The van der Waals surface area contributed by atoms with Crippen LogP contribution in [0.3, 0.4) is 0 Å².